The van der Waals surface area contributed by atoms with Crippen LogP contribution in [-0.2, 0) is 11.2 Å². The number of rotatable bonds is 4. The molecule has 1 heterocycles. The molecular formula is C21H27N3O. The number of nitrogens with zero attached hydrogens (tertiary/aromatic N) is 3. The van der Waals surface area contributed by atoms with E-state index in [9.17, 15) is 4.79 Å². The van der Waals surface area contributed by atoms with Gasteiger partial charge in [-0.05, 0) is 61.5 Å². The monoisotopic (exact) mass is 337 g/mol. The van der Waals surface area contributed by atoms with E-state index in [1.54, 1.807) is 0 Å². The van der Waals surface area contributed by atoms with Crippen molar-refractivity contribution in [3.63, 3.8) is 0 Å². The van der Waals surface area contributed by atoms with Gasteiger partial charge in [0.2, 0.25) is 0 Å². The molecule has 0 amide bonds. The second kappa shape index (κ2) is 6.40. The highest BCUT2D eigenvalue weighted by Crippen LogP contribution is 2.56. The summed E-state index contributed by atoms with van der Waals surface area (Å²) in [6.07, 6.45) is 8.32. The minimum atomic E-state index is 0.199. The molecule has 0 aliphatic heterocycles. The maximum atomic E-state index is 12.3. The van der Waals surface area contributed by atoms with Gasteiger partial charge < -0.3 is 0 Å². The maximum absolute atomic E-state index is 12.3. The lowest BCUT2D eigenvalue weighted by molar-refractivity contribution is -0.130. The van der Waals surface area contributed by atoms with E-state index in [0.29, 0.717) is 23.5 Å². The summed E-state index contributed by atoms with van der Waals surface area (Å²) in [7, 11) is 0. The summed E-state index contributed by atoms with van der Waals surface area (Å²) in [6.45, 7) is 4.70. The van der Waals surface area contributed by atoms with Crippen LogP contribution in [0.4, 0.5) is 0 Å². The Kier molecular flexibility index (Phi) is 4.22. The van der Waals surface area contributed by atoms with E-state index in [2.05, 4.69) is 24.2 Å². The van der Waals surface area contributed by atoms with Gasteiger partial charge in [0.05, 0.1) is 17.6 Å². The molecule has 0 unspecified atom stereocenters. The van der Waals surface area contributed by atoms with Crippen molar-refractivity contribution >= 4 is 5.78 Å². The summed E-state index contributed by atoms with van der Waals surface area (Å²) >= 11 is 0. The fourth-order valence-electron chi connectivity index (χ4n) is 5.48. The molecule has 25 heavy (non-hydrogen) atoms. The predicted octanol–water partition coefficient (Wildman–Crippen LogP) is 4.23. The summed E-state index contributed by atoms with van der Waals surface area (Å²) in [4.78, 5) is 12.3. The Morgan fingerprint density at radius 2 is 2.08 bits per heavy atom. The smallest absolute Gasteiger partial charge is 0.136 e. The Labute approximate surface area is 149 Å². The lowest BCUT2D eigenvalue weighted by atomic mass is 9.62. The summed E-state index contributed by atoms with van der Waals surface area (Å²) in [5.41, 5.74) is 2.29. The molecule has 0 spiro atoms. The van der Waals surface area contributed by atoms with Gasteiger partial charge in [0, 0.05) is 12.3 Å². The number of fused-ring (bicyclic) bond motifs is 1. The second-order valence-corrected chi connectivity index (χ2v) is 8.23. The first-order valence-electron chi connectivity index (χ1n) is 9.57. The topological polar surface area (TPSA) is 47.8 Å². The Morgan fingerprint density at radius 3 is 2.88 bits per heavy atom. The number of benzene rings is 1. The summed E-state index contributed by atoms with van der Waals surface area (Å²) in [5.74, 6) is 1.96. The van der Waals surface area contributed by atoms with E-state index in [0.717, 1.165) is 37.1 Å². The highest BCUT2D eigenvalue weighted by atomic mass is 16.1. The van der Waals surface area contributed by atoms with Crippen molar-refractivity contribution in [1.82, 2.24) is 15.0 Å². The Bertz CT molecular complexity index is 754. The molecule has 4 nitrogen and oxygen atoms in total. The van der Waals surface area contributed by atoms with Crippen molar-refractivity contribution in [2.45, 2.75) is 52.4 Å². The van der Waals surface area contributed by atoms with Crippen LogP contribution in [-0.4, -0.2) is 20.8 Å². The molecule has 4 rings (SSSR count). The Balaban J connectivity index is 1.48. The normalized spacial score (nSPS) is 30.2. The lowest BCUT2D eigenvalue weighted by Crippen LogP contribution is -2.39. The molecule has 4 heteroatoms. The molecule has 0 N–H and O–H groups in total. The van der Waals surface area contributed by atoms with Gasteiger partial charge in [-0.2, -0.15) is 0 Å². The third-order valence-corrected chi connectivity index (χ3v) is 6.72. The quantitative estimate of drug-likeness (QED) is 0.839. The number of carbonyl (C=O) groups excluding carboxylic acids is 1. The molecule has 132 valence electrons. The number of hydrogen-bond acceptors (Lipinski definition) is 3. The largest absolute Gasteiger partial charge is 0.299 e. The molecule has 2 fully saturated rings. The van der Waals surface area contributed by atoms with Crippen LogP contribution in [0.5, 0.6) is 0 Å². The van der Waals surface area contributed by atoms with Crippen LogP contribution < -0.4 is 0 Å². The van der Waals surface area contributed by atoms with Crippen molar-refractivity contribution in [1.29, 1.82) is 0 Å². The molecule has 0 bridgehead atoms. The van der Waals surface area contributed by atoms with E-state index < -0.39 is 0 Å². The predicted molar refractivity (Wildman–Crippen MR) is 97.4 cm³/mol. The second-order valence-electron chi connectivity index (χ2n) is 8.23. The van der Waals surface area contributed by atoms with Crippen molar-refractivity contribution in [2.75, 3.05) is 0 Å². The van der Waals surface area contributed by atoms with Crippen LogP contribution in [0, 0.1) is 23.2 Å². The van der Waals surface area contributed by atoms with Gasteiger partial charge >= 0.3 is 0 Å². The van der Waals surface area contributed by atoms with Gasteiger partial charge in [-0.25, -0.2) is 4.68 Å². The van der Waals surface area contributed by atoms with Gasteiger partial charge in [-0.3, -0.25) is 4.79 Å². The van der Waals surface area contributed by atoms with Crippen LogP contribution in [0.25, 0.3) is 5.69 Å². The van der Waals surface area contributed by atoms with E-state index in [1.165, 1.54) is 12.8 Å². The molecule has 0 saturated heterocycles. The number of aromatic nitrogens is 3. The zero-order valence-corrected chi connectivity index (χ0v) is 15.2. The van der Waals surface area contributed by atoms with Gasteiger partial charge in [0.1, 0.15) is 5.78 Å². The van der Waals surface area contributed by atoms with Crippen LogP contribution in [0.1, 0.15) is 51.6 Å². The molecule has 2 aliphatic rings. The molecule has 4 atom stereocenters. The third kappa shape index (κ3) is 2.92. The van der Waals surface area contributed by atoms with Gasteiger partial charge in [0.25, 0.3) is 0 Å². The van der Waals surface area contributed by atoms with Crippen molar-refractivity contribution < 1.29 is 4.79 Å². The average Bonchev–Trinajstić information content (AvgIpc) is 3.20. The highest BCUT2D eigenvalue weighted by Gasteiger charge is 2.52. The first-order valence-corrected chi connectivity index (χ1v) is 9.57. The standard InChI is InChI=1S/C21H27N3O/c1-15(18-10-11-19-20(25)9-6-12-21(18,19)2)13-16-14-24(23-22-16)17-7-4-3-5-8-17/h3-5,7-8,14-15,18-19H,6,9-13H2,1-2H3/t15-,18-,19+,21-/m1/s1. The first-order chi connectivity index (χ1) is 12.1. The Morgan fingerprint density at radius 1 is 1.28 bits per heavy atom. The first kappa shape index (κ1) is 16.5. The average molecular weight is 337 g/mol. The maximum Gasteiger partial charge on any atom is 0.136 e. The third-order valence-electron chi connectivity index (χ3n) is 6.72. The van der Waals surface area contributed by atoms with E-state index in [-0.39, 0.29) is 5.41 Å². The minimum absolute atomic E-state index is 0.199. The van der Waals surface area contributed by atoms with Crippen LogP contribution in [0.15, 0.2) is 36.5 Å². The lowest BCUT2D eigenvalue weighted by Gasteiger charge is -2.42. The fraction of sp³-hybridized carbons (Fsp3) is 0.571. The molecular weight excluding hydrogens is 310 g/mol. The zero-order chi connectivity index (χ0) is 17.4. The van der Waals surface area contributed by atoms with Gasteiger partial charge in [-0.1, -0.05) is 37.3 Å². The van der Waals surface area contributed by atoms with Crippen LogP contribution in [0.3, 0.4) is 0 Å². The number of para-hydroxylation sites is 1. The van der Waals surface area contributed by atoms with E-state index >= 15 is 0 Å². The van der Waals surface area contributed by atoms with Gasteiger partial charge in [-0.15, -0.1) is 5.10 Å². The molecule has 2 aromatic rings. The van der Waals surface area contributed by atoms with Gasteiger partial charge in [0.15, 0.2) is 0 Å². The SMILES string of the molecule is C[C@H](Cc1cn(-c2ccccc2)nn1)[C@H]1CC[C@H]2C(=O)CCC[C@]12C. The summed E-state index contributed by atoms with van der Waals surface area (Å²) in [6, 6.07) is 10.1. The Hall–Kier alpha value is -1.97. The van der Waals surface area contributed by atoms with E-state index in [4.69, 9.17) is 0 Å². The fourth-order valence-corrected chi connectivity index (χ4v) is 5.48. The highest BCUT2D eigenvalue weighted by molar-refractivity contribution is 5.83. The van der Waals surface area contributed by atoms with Crippen LogP contribution in [0.2, 0.25) is 0 Å². The minimum Gasteiger partial charge on any atom is -0.299 e. The zero-order valence-electron chi connectivity index (χ0n) is 15.2. The molecule has 1 aromatic heterocycles. The molecule has 0 radical (unpaired) electrons. The number of Topliss-reactive ketones (excluding diaryl/α,β-unsaturated/α-hetero) is 1. The summed E-state index contributed by atoms with van der Waals surface area (Å²) in [5, 5.41) is 8.68. The van der Waals surface area contributed by atoms with Crippen LogP contribution >= 0.6 is 0 Å². The number of hydrogen-bond donors (Lipinski definition) is 0. The molecule has 2 saturated carbocycles. The summed E-state index contributed by atoms with van der Waals surface area (Å²) < 4.78 is 1.85. The van der Waals surface area contributed by atoms with Crippen molar-refractivity contribution in [3.05, 3.63) is 42.2 Å². The van der Waals surface area contributed by atoms with Crippen molar-refractivity contribution in [2.24, 2.45) is 23.2 Å². The molecule has 2 aliphatic carbocycles. The number of ketones is 1. The van der Waals surface area contributed by atoms with Crippen molar-refractivity contribution in [3.8, 4) is 5.69 Å². The number of carbonyl (C=O) groups is 1. The van der Waals surface area contributed by atoms with E-state index in [1.807, 2.05) is 41.2 Å². The molecule has 1 aromatic carbocycles.